The van der Waals surface area contributed by atoms with Gasteiger partial charge in [-0.25, -0.2) is 0 Å². The van der Waals surface area contributed by atoms with Gasteiger partial charge < -0.3 is 4.90 Å². The number of likely N-dealkylation sites (tertiary alicyclic amines) is 1. The van der Waals surface area contributed by atoms with Crippen LogP contribution in [0.15, 0.2) is 65.4 Å². The second-order valence-electron chi connectivity index (χ2n) is 7.71. The van der Waals surface area contributed by atoms with Crippen LogP contribution < -0.4 is 0 Å². The monoisotopic (exact) mass is 422 g/mol. The Balaban J connectivity index is 1.79. The summed E-state index contributed by atoms with van der Waals surface area (Å²) in [5.74, 6) is -0.208. The van der Waals surface area contributed by atoms with Crippen molar-refractivity contribution in [2.24, 2.45) is 0 Å². The first-order valence-electron chi connectivity index (χ1n) is 10.3. The topological polar surface area (TPSA) is 63.5 Å². The predicted molar refractivity (Wildman–Crippen MR) is 119 cm³/mol. The minimum atomic E-state index is -0.498. The van der Waals surface area contributed by atoms with E-state index in [1.54, 1.807) is 0 Å². The third-order valence-electron chi connectivity index (χ3n) is 5.73. The summed E-state index contributed by atoms with van der Waals surface area (Å²) in [5, 5.41) is 11.4. The van der Waals surface area contributed by atoms with Crippen molar-refractivity contribution in [1.82, 2.24) is 4.90 Å². The van der Waals surface area contributed by atoms with E-state index in [2.05, 4.69) is 23.1 Å². The highest BCUT2D eigenvalue weighted by Gasteiger charge is 2.31. The summed E-state index contributed by atoms with van der Waals surface area (Å²) in [6, 6.07) is 14.1. The van der Waals surface area contributed by atoms with Crippen LogP contribution in [0, 0.1) is 10.1 Å². The molecule has 6 heteroatoms. The van der Waals surface area contributed by atoms with E-state index in [1.165, 1.54) is 24.6 Å². The molecule has 1 aliphatic carbocycles. The first-order valence-corrected chi connectivity index (χ1v) is 10.6. The van der Waals surface area contributed by atoms with Gasteiger partial charge in [-0.2, -0.15) is 0 Å². The molecule has 4 rings (SSSR count). The zero-order valence-corrected chi connectivity index (χ0v) is 17.4. The van der Waals surface area contributed by atoms with E-state index >= 15 is 0 Å². The quantitative estimate of drug-likeness (QED) is 0.334. The number of ketones is 1. The SMILES string of the molecule is O=C(C1=C(N2CCCCC2)C(=Cc2ccccc2)CC1)c1cc([N+](=O)[O-])ccc1Cl. The number of piperidine rings is 1. The Morgan fingerprint density at radius 2 is 1.77 bits per heavy atom. The number of allylic oxidation sites excluding steroid dienone is 2. The normalized spacial score (nSPS) is 18.2. The Kier molecular flexibility index (Phi) is 6.00. The summed E-state index contributed by atoms with van der Waals surface area (Å²) in [6.45, 7) is 1.84. The van der Waals surface area contributed by atoms with Gasteiger partial charge in [0.25, 0.3) is 5.69 Å². The second-order valence-corrected chi connectivity index (χ2v) is 8.11. The highest BCUT2D eigenvalue weighted by atomic mass is 35.5. The number of carbonyl (C=O) groups is 1. The van der Waals surface area contributed by atoms with Gasteiger partial charge in [0, 0.05) is 42.1 Å². The first-order chi connectivity index (χ1) is 14.5. The third kappa shape index (κ3) is 4.17. The van der Waals surface area contributed by atoms with Gasteiger partial charge in [0.15, 0.2) is 5.78 Å². The molecule has 0 bridgehead atoms. The number of nitro benzene ring substituents is 1. The highest BCUT2D eigenvalue weighted by molar-refractivity contribution is 6.35. The molecule has 2 aromatic carbocycles. The first kappa shape index (κ1) is 20.4. The van der Waals surface area contributed by atoms with Crippen molar-refractivity contribution in [3.05, 3.63) is 91.6 Å². The van der Waals surface area contributed by atoms with Crippen LogP contribution in [0.2, 0.25) is 5.02 Å². The molecular weight excluding hydrogens is 400 g/mol. The molecule has 1 fully saturated rings. The van der Waals surface area contributed by atoms with Gasteiger partial charge in [-0.3, -0.25) is 14.9 Å². The number of non-ortho nitro benzene ring substituents is 1. The van der Waals surface area contributed by atoms with Crippen LogP contribution in [0.3, 0.4) is 0 Å². The Morgan fingerprint density at radius 3 is 2.47 bits per heavy atom. The smallest absolute Gasteiger partial charge is 0.270 e. The number of nitro groups is 1. The molecule has 0 radical (unpaired) electrons. The average Bonchev–Trinajstić information content (AvgIpc) is 3.18. The van der Waals surface area contributed by atoms with Crippen LogP contribution in [-0.4, -0.2) is 28.7 Å². The van der Waals surface area contributed by atoms with Gasteiger partial charge in [-0.15, -0.1) is 0 Å². The number of hydrogen-bond donors (Lipinski definition) is 0. The van der Waals surface area contributed by atoms with E-state index in [-0.39, 0.29) is 22.1 Å². The molecule has 0 aromatic heterocycles. The lowest BCUT2D eigenvalue weighted by Gasteiger charge is -2.31. The van der Waals surface area contributed by atoms with E-state index in [4.69, 9.17) is 11.6 Å². The second kappa shape index (κ2) is 8.84. The summed E-state index contributed by atoms with van der Waals surface area (Å²) in [4.78, 5) is 26.5. The minimum absolute atomic E-state index is 0.124. The molecular formula is C24H23ClN2O3. The molecule has 2 aromatic rings. The van der Waals surface area contributed by atoms with Crippen molar-refractivity contribution < 1.29 is 9.72 Å². The minimum Gasteiger partial charge on any atom is -0.371 e. The molecule has 0 saturated carbocycles. The van der Waals surface area contributed by atoms with E-state index in [0.29, 0.717) is 12.0 Å². The van der Waals surface area contributed by atoms with Crippen molar-refractivity contribution in [1.29, 1.82) is 0 Å². The maximum Gasteiger partial charge on any atom is 0.270 e. The van der Waals surface area contributed by atoms with E-state index in [9.17, 15) is 14.9 Å². The molecule has 154 valence electrons. The summed E-state index contributed by atoms with van der Waals surface area (Å²) in [7, 11) is 0. The number of carbonyl (C=O) groups excluding carboxylic acids is 1. The highest BCUT2D eigenvalue weighted by Crippen LogP contribution is 2.39. The summed E-state index contributed by atoms with van der Waals surface area (Å²) < 4.78 is 0. The largest absolute Gasteiger partial charge is 0.371 e. The van der Waals surface area contributed by atoms with E-state index < -0.39 is 4.92 Å². The van der Waals surface area contributed by atoms with Gasteiger partial charge in [-0.1, -0.05) is 41.9 Å². The van der Waals surface area contributed by atoms with Crippen molar-refractivity contribution in [2.75, 3.05) is 13.1 Å². The van der Waals surface area contributed by atoms with Gasteiger partial charge in [0.1, 0.15) is 0 Å². The van der Waals surface area contributed by atoms with Crippen molar-refractivity contribution in [3.63, 3.8) is 0 Å². The number of rotatable bonds is 5. The molecule has 30 heavy (non-hydrogen) atoms. The molecule has 1 heterocycles. The fourth-order valence-electron chi connectivity index (χ4n) is 4.28. The maximum absolute atomic E-state index is 13.5. The lowest BCUT2D eigenvalue weighted by Crippen LogP contribution is -2.30. The molecule has 2 aliphatic rings. The van der Waals surface area contributed by atoms with Gasteiger partial charge in [-0.05, 0) is 55.4 Å². The van der Waals surface area contributed by atoms with Crippen LogP contribution in [0.1, 0.15) is 48.0 Å². The molecule has 0 atom stereocenters. The van der Waals surface area contributed by atoms with Crippen LogP contribution in [0.5, 0.6) is 0 Å². The zero-order chi connectivity index (χ0) is 21.1. The Morgan fingerprint density at radius 1 is 1.03 bits per heavy atom. The summed E-state index contributed by atoms with van der Waals surface area (Å²) in [6.07, 6.45) is 6.93. The van der Waals surface area contributed by atoms with E-state index in [0.717, 1.165) is 49.2 Å². The Hall–Kier alpha value is -2.92. The predicted octanol–water partition coefficient (Wildman–Crippen LogP) is 6.05. The van der Waals surface area contributed by atoms with Crippen molar-refractivity contribution in [3.8, 4) is 0 Å². The molecule has 1 aliphatic heterocycles. The number of benzene rings is 2. The number of hydrogen-bond acceptors (Lipinski definition) is 4. The van der Waals surface area contributed by atoms with Crippen molar-refractivity contribution >= 4 is 29.1 Å². The standard InChI is InChI=1S/C24H23ClN2O3/c25-22-12-10-19(27(29)30)16-21(22)24(28)20-11-9-18(15-17-7-3-1-4-8-17)23(20)26-13-5-2-6-14-26/h1,3-4,7-8,10,12,15-16H,2,5-6,9,11,13-14H2. The Bertz CT molecular complexity index is 1040. The number of halogens is 1. The molecule has 0 N–H and O–H groups in total. The zero-order valence-electron chi connectivity index (χ0n) is 16.6. The van der Waals surface area contributed by atoms with Crippen molar-refractivity contribution in [2.45, 2.75) is 32.1 Å². The fourth-order valence-corrected chi connectivity index (χ4v) is 4.48. The fraction of sp³-hybridized carbons (Fsp3) is 0.292. The molecule has 1 saturated heterocycles. The number of nitrogens with zero attached hydrogens (tertiary/aromatic N) is 2. The van der Waals surface area contributed by atoms with Gasteiger partial charge in [0.2, 0.25) is 0 Å². The van der Waals surface area contributed by atoms with Gasteiger partial charge in [0.05, 0.1) is 9.95 Å². The average molecular weight is 423 g/mol. The van der Waals surface area contributed by atoms with Crippen LogP contribution in [0.4, 0.5) is 5.69 Å². The lowest BCUT2D eigenvalue weighted by atomic mass is 9.99. The summed E-state index contributed by atoms with van der Waals surface area (Å²) >= 11 is 6.28. The van der Waals surface area contributed by atoms with Gasteiger partial charge >= 0.3 is 0 Å². The maximum atomic E-state index is 13.5. The molecule has 5 nitrogen and oxygen atoms in total. The third-order valence-corrected chi connectivity index (χ3v) is 6.06. The van der Waals surface area contributed by atoms with E-state index in [1.807, 2.05) is 18.2 Å². The van der Waals surface area contributed by atoms with Crippen LogP contribution in [-0.2, 0) is 0 Å². The lowest BCUT2D eigenvalue weighted by molar-refractivity contribution is -0.384. The Labute approximate surface area is 180 Å². The molecule has 0 spiro atoms. The van der Waals surface area contributed by atoms with Crippen LogP contribution >= 0.6 is 11.6 Å². The molecule has 0 unspecified atom stereocenters. The molecule has 0 amide bonds. The number of Topliss-reactive ketones (excluding diaryl/α,β-unsaturated/α-hetero) is 1. The van der Waals surface area contributed by atoms with Crippen LogP contribution in [0.25, 0.3) is 6.08 Å². The summed E-state index contributed by atoms with van der Waals surface area (Å²) in [5.41, 5.74) is 4.03.